The number of phenolic OH excluding ortho intramolecular Hbond substituents is 1. The van der Waals surface area contributed by atoms with E-state index >= 15 is 0 Å². The number of ether oxygens (including phenoxy) is 1. The number of hydrogen-bond acceptors (Lipinski definition) is 5. The van der Waals surface area contributed by atoms with Crippen molar-refractivity contribution in [3.63, 3.8) is 0 Å². The third kappa shape index (κ3) is 4.67. The molecular weight excluding hydrogens is 426 g/mol. The maximum absolute atomic E-state index is 10.2. The predicted octanol–water partition coefficient (Wildman–Crippen LogP) is 4.89. The number of nitrogens with zero attached hydrogens (tertiary/aromatic N) is 3. The highest BCUT2D eigenvalue weighted by molar-refractivity contribution is 9.10. The highest BCUT2D eigenvalue weighted by Gasteiger charge is 2.08. The fraction of sp³-hybridized carbons (Fsp3) is 0.200. The summed E-state index contributed by atoms with van der Waals surface area (Å²) in [6.45, 7) is 5.12. The summed E-state index contributed by atoms with van der Waals surface area (Å²) in [5.74, 6) is 0.757. The highest BCUT2D eigenvalue weighted by Crippen LogP contribution is 2.24. The molecule has 27 heavy (non-hydrogen) atoms. The summed E-state index contributed by atoms with van der Waals surface area (Å²) < 4.78 is 8.22. The molecule has 0 saturated carbocycles. The molecule has 1 aromatic heterocycles. The Morgan fingerprint density at radius 2 is 1.96 bits per heavy atom. The molecule has 0 amide bonds. The minimum absolute atomic E-state index is 0.125. The van der Waals surface area contributed by atoms with Crippen molar-refractivity contribution in [1.82, 2.24) is 4.68 Å². The first-order valence-electron chi connectivity index (χ1n) is 8.59. The van der Waals surface area contributed by atoms with Crippen molar-refractivity contribution >= 4 is 33.5 Å². The molecule has 0 saturated heterocycles. The van der Waals surface area contributed by atoms with Crippen LogP contribution in [0.3, 0.4) is 0 Å². The van der Waals surface area contributed by atoms with Gasteiger partial charge in [0.25, 0.3) is 0 Å². The van der Waals surface area contributed by atoms with Gasteiger partial charge in [-0.2, -0.15) is 5.10 Å². The van der Waals surface area contributed by atoms with Crippen LogP contribution in [0.2, 0.25) is 0 Å². The van der Waals surface area contributed by atoms with Gasteiger partial charge in [0.05, 0.1) is 18.5 Å². The number of benzene rings is 2. The first-order valence-corrected chi connectivity index (χ1v) is 10.3. The Kier molecular flexibility index (Phi) is 6.47. The van der Waals surface area contributed by atoms with Gasteiger partial charge in [-0.3, -0.25) is 4.99 Å². The second kappa shape index (κ2) is 9.01. The molecular formula is C20H20BrN3O2S. The van der Waals surface area contributed by atoms with Crippen molar-refractivity contribution in [3.05, 3.63) is 62.7 Å². The normalized spacial score (nSPS) is 12.0. The average molecular weight is 446 g/mol. The van der Waals surface area contributed by atoms with Crippen molar-refractivity contribution < 1.29 is 9.84 Å². The van der Waals surface area contributed by atoms with Gasteiger partial charge in [-0.25, -0.2) is 4.68 Å². The van der Waals surface area contributed by atoms with Crippen LogP contribution < -0.4 is 9.54 Å². The molecule has 0 fully saturated rings. The van der Waals surface area contributed by atoms with Crippen LogP contribution in [0.4, 0.5) is 0 Å². The van der Waals surface area contributed by atoms with E-state index in [0.29, 0.717) is 24.5 Å². The lowest BCUT2D eigenvalue weighted by atomic mass is 10.2. The molecule has 0 aliphatic heterocycles. The third-order valence-corrected chi connectivity index (χ3v) is 5.13. The van der Waals surface area contributed by atoms with Crippen LogP contribution in [0.1, 0.15) is 19.4 Å². The third-order valence-electron chi connectivity index (χ3n) is 3.74. The fourth-order valence-corrected chi connectivity index (χ4v) is 3.65. The molecule has 0 aliphatic carbocycles. The van der Waals surface area contributed by atoms with Crippen LogP contribution >= 0.6 is 27.3 Å². The highest BCUT2D eigenvalue weighted by atomic mass is 79.9. The average Bonchev–Trinajstić information content (AvgIpc) is 3.05. The maximum atomic E-state index is 10.2. The number of phenols is 1. The molecule has 2 aromatic carbocycles. The van der Waals surface area contributed by atoms with Gasteiger partial charge in [0.15, 0.2) is 0 Å². The van der Waals surface area contributed by atoms with Crippen molar-refractivity contribution in [2.24, 2.45) is 10.1 Å². The summed E-state index contributed by atoms with van der Waals surface area (Å²) in [6, 6.07) is 13.2. The zero-order valence-electron chi connectivity index (χ0n) is 15.1. The van der Waals surface area contributed by atoms with E-state index in [1.807, 2.05) is 49.6 Å². The summed E-state index contributed by atoms with van der Waals surface area (Å²) in [7, 11) is 0. The maximum Gasteiger partial charge on any atom is 0.206 e. The van der Waals surface area contributed by atoms with E-state index in [9.17, 15) is 5.11 Å². The Morgan fingerprint density at radius 3 is 2.63 bits per heavy atom. The molecule has 0 bridgehead atoms. The zero-order chi connectivity index (χ0) is 19.2. The molecule has 0 atom stereocenters. The largest absolute Gasteiger partial charge is 0.507 e. The second-order valence-corrected chi connectivity index (χ2v) is 7.35. The molecule has 0 spiro atoms. The molecule has 0 unspecified atom stereocenters. The molecule has 140 valence electrons. The van der Waals surface area contributed by atoms with E-state index in [2.05, 4.69) is 26.0 Å². The Hall–Kier alpha value is -2.38. The zero-order valence-corrected chi connectivity index (χ0v) is 17.5. The summed E-state index contributed by atoms with van der Waals surface area (Å²) in [4.78, 5) is 5.32. The molecule has 1 heterocycles. The molecule has 5 nitrogen and oxygen atoms in total. The Balaban J connectivity index is 2.00. The predicted molar refractivity (Wildman–Crippen MR) is 114 cm³/mol. The van der Waals surface area contributed by atoms with Gasteiger partial charge in [-0.05, 0) is 38.1 Å². The lowest BCUT2D eigenvalue weighted by Gasteiger charge is -2.06. The van der Waals surface area contributed by atoms with E-state index in [4.69, 9.17) is 4.74 Å². The monoisotopic (exact) mass is 445 g/mol. The molecule has 3 rings (SSSR count). The summed E-state index contributed by atoms with van der Waals surface area (Å²) >= 11 is 5.00. The second-order valence-electron chi connectivity index (χ2n) is 5.59. The minimum Gasteiger partial charge on any atom is -0.507 e. The first-order chi connectivity index (χ1) is 13.1. The van der Waals surface area contributed by atoms with Crippen LogP contribution in [0.15, 0.2) is 62.4 Å². The van der Waals surface area contributed by atoms with Gasteiger partial charge in [-0.1, -0.05) is 28.1 Å². The number of halogens is 1. The van der Waals surface area contributed by atoms with Crippen molar-refractivity contribution in [2.75, 3.05) is 13.2 Å². The van der Waals surface area contributed by atoms with Crippen LogP contribution in [0.25, 0.3) is 11.3 Å². The van der Waals surface area contributed by atoms with Gasteiger partial charge in [0.1, 0.15) is 11.5 Å². The molecule has 0 radical (unpaired) electrons. The fourth-order valence-electron chi connectivity index (χ4n) is 2.48. The van der Waals surface area contributed by atoms with Crippen LogP contribution in [0.5, 0.6) is 11.5 Å². The SMILES string of the molecule is CCN=c1scc(-c2ccc(Br)cc2)n1N=Cc1ccc(OCC)cc1O. The van der Waals surface area contributed by atoms with Crippen LogP contribution in [-0.4, -0.2) is 29.1 Å². The molecule has 3 aromatic rings. The number of aromatic hydroxyl groups is 1. The molecule has 7 heteroatoms. The van der Waals surface area contributed by atoms with E-state index in [0.717, 1.165) is 20.5 Å². The van der Waals surface area contributed by atoms with Gasteiger partial charge in [0, 0.05) is 33.6 Å². The van der Waals surface area contributed by atoms with Gasteiger partial charge in [-0.15, -0.1) is 11.3 Å². The van der Waals surface area contributed by atoms with E-state index in [1.54, 1.807) is 23.0 Å². The Bertz CT molecular complexity index is 1010. The Labute approximate surface area is 170 Å². The quantitative estimate of drug-likeness (QED) is 0.549. The lowest BCUT2D eigenvalue weighted by molar-refractivity contribution is 0.337. The van der Waals surface area contributed by atoms with E-state index in [-0.39, 0.29) is 5.75 Å². The number of aromatic nitrogens is 1. The van der Waals surface area contributed by atoms with Gasteiger partial charge >= 0.3 is 0 Å². The summed E-state index contributed by atoms with van der Waals surface area (Å²) in [5, 5.41) is 16.9. The topological polar surface area (TPSA) is 59.1 Å². The first kappa shape index (κ1) is 19.4. The van der Waals surface area contributed by atoms with Gasteiger partial charge < -0.3 is 9.84 Å². The van der Waals surface area contributed by atoms with Crippen LogP contribution in [0, 0.1) is 0 Å². The Morgan fingerprint density at radius 1 is 1.19 bits per heavy atom. The van der Waals surface area contributed by atoms with E-state index in [1.165, 1.54) is 11.3 Å². The molecule has 0 aliphatic rings. The number of rotatable bonds is 6. The van der Waals surface area contributed by atoms with Crippen molar-refractivity contribution in [2.45, 2.75) is 13.8 Å². The minimum atomic E-state index is 0.125. The smallest absolute Gasteiger partial charge is 0.206 e. The van der Waals surface area contributed by atoms with Crippen molar-refractivity contribution in [3.8, 4) is 22.8 Å². The summed E-state index contributed by atoms with van der Waals surface area (Å²) in [6.07, 6.45) is 1.63. The standard InChI is InChI=1S/C20H20BrN3O2S/c1-3-22-20-24(18(13-27-20)14-5-8-16(21)9-6-14)23-12-15-7-10-17(26-4-2)11-19(15)25/h5-13,25H,3-4H2,1-2H3. The number of hydrogen-bond donors (Lipinski definition) is 1. The van der Waals surface area contributed by atoms with Crippen molar-refractivity contribution in [1.29, 1.82) is 0 Å². The summed E-state index contributed by atoms with van der Waals surface area (Å²) in [5.41, 5.74) is 2.60. The molecule has 1 N–H and O–H groups in total. The van der Waals surface area contributed by atoms with Gasteiger partial charge in [0.2, 0.25) is 4.80 Å². The lowest BCUT2D eigenvalue weighted by Crippen LogP contribution is -2.12. The van der Waals surface area contributed by atoms with E-state index < -0.39 is 0 Å². The number of thiazole rings is 1. The van der Waals surface area contributed by atoms with Crippen LogP contribution in [-0.2, 0) is 0 Å².